The van der Waals surface area contributed by atoms with Gasteiger partial charge in [-0.1, -0.05) is 44.2 Å². The largest absolute Gasteiger partial charge is 0.306 e. The Labute approximate surface area is 113 Å². The first-order chi connectivity index (χ1) is 9.15. The second-order valence-corrected chi connectivity index (χ2v) is 5.32. The van der Waals surface area contributed by atoms with Crippen molar-refractivity contribution >= 4 is 5.65 Å². The number of rotatable bonds is 2. The van der Waals surface area contributed by atoms with Crippen LogP contribution in [0.25, 0.3) is 16.9 Å². The van der Waals surface area contributed by atoms with E-state index in [0.717, 1.165) is 16.9 Å². The molecule has 0 aliphatic heterocycles. The molecule has 0 atom stereocenters. The molecule has 0 unspecified atom stereocenters. The molecule has 2 heterocycles. The zero-order valence-corrected chi connectivity index (χ0v) is 11.6. The van der Waals surface area contributed by atoms with Gasteiger partial charge in [0.15, 0.2) is 0 Å². The summed E-state index contributed by atoms with van der Waals surface area (Å²) in [5.41, 5.74) is 5.90. The maximum Gasteiger partial charge on any atom is 0.137 e. The fraction of sp³-hybridized carbons (Fsp3) is 0.235. The van der Waals surface area contributed by atoms with Crippen molar-refractivity contribution in [2.75, 3.05) is 0 Å². The SMILES string of the molecule is Cc1cc2nc(-c3ccccc3)cn2cc1C(C)C. The third-order valence-electron chi connectivity index (χ3n) is 3.53. The van der Waals surface area contributed by atoms with Crippen LogP contribution in [0.5, 0.6) is 0 Å². The molecule has 0 radical (unpaired) electrons. The standard InChI is InChI=1S/C17H18N2/c1-12(2)15-10-19-11-16(14-7-5-4-6-8-14)18-17(19)9-13(15)3/h4-12H,1-3H3. The molecule has 0 spiro atoms. The highest BCUT2D eigenvalue weighted by Gasteiger charge is 2.08. The molecule has 1 aromatic carbocycles. The quantitative estimate of drug-likeness (QED) is 0.657. The zero-order valence-electron chi connectivity index (χ0n) is 11.6. The van der Waals surface area contributed by atoms with Crippen molar-refractivity contribution in [3.63, 3.8) is 0 Å². The molecule has 0 saturated heterocycles. The number of nitrogens with zero attached hydrogens (tertiary/aromatic N) is 2. The fourth-order valence-electron chi connectivity index (χ4n) is 2.50. The van der Waals surface area contributed by atoms with E-state index in [2.05, 4.69) is 55.8 Å². The number of fused-ring (bicyclic) bond motifs is 1. The molecule has 0 amide bonds. The molecule has 0 fully saturated rings. The summed E-state index contributed by atoms with van der Waals surface area (Å²) in [4.78, 5) is 4.71. The summed E-state index contributed by atoms with van der Waals surface area (Å²) in [5.74, 6) is 0.534. The lowest BCUT2D eigenvalue weighted by Gasteiger charge is -2.09. The Morgan fingerprint density at radius 1 is 1.05 bits per heavy atom. The van der Waals surface area contributed by atoms with Gasteiger partial charge >= 0.3 is 0 Å². The van der Waals surface area contributed by atoms with Crippen LogP contribution in [0, 0.1) is 6.92 Å². The lowest BCUT2D eigenvalue weighted by atomic mass is 10.0. The van der Waals surface area contributed by atoms with Gasteiger partial charge in [-0.3, -0.25) is 0 Å². The summed E-state index contributed by atoms with van der Waals surface area (Å²) in [6.45, 7) is 6.61. The van der Waals surface area contributed by atoms with Crippen LogP contribution in [0.2, 0.25) is 0 Å². The molecule has 0 saturated carbocycles. The Morgan fingerprint density at radius 3 is 2.47 bits per heavy atom. The van der Waals surface area contributed by atoms with Crippen molar-refractivity contribution in [3.05, 3.63) is 59.9 Å². The molecular formula is C17H18N2. The van der Waals surface area contributed by atoms with E-state index in [0.29, 0.717) is 5.92 Å². The average Bonchev–Trinajstić information content (AvgIpc) is 2.81. The molecular weight excluding hydrogens is 232 g/mol. The molecule has 0 aliphatic carbocycles. The number of hydrogen-bond donors (Lipinski definition) is 0. The normalized spacial score (nSPS) is 11.4. The van der Waals surface area contributed by atoms with E-state index in [-0.39, 0.29) is 0 Å². The summed E-state index contributed by atoms with van der Waals surface area (Å²) in [6, 6.07) is 12.5. The molecule has 0 N–H and O–H groups in total. The highest BCUT2D eigenvalue weighted by molar-refractivity contribution is 5.63. The maximum atomic E-state index is 4.71. The molecule has 2 heteroatoms. The first-order valence-electron chi connectivity index (χ1n) is 6.70. The van der Waals surface area contributed by atoms with E-state index in [1.165, 1.54) is 11.1 Å². The van der Waals surface area contributed by atoms with E-state index < -0.39 is 0 Å². The van der Waals surface area contributed by atoms with Crippen molar-refractivity contribution in [2.24, 2.45) is 0 Å². The van der Waals surface area contributed by atoms with Gasteiger partial charge in [-0.15, -0.1) is 0 Å². The van der Waals surface area contributed by atoms with Crippen LogP contribution in [0.4, 0.5) is 0 Å². The minimum Gasteiger partial charge on any atom is -0.306 e. The lowest BCUT2D eigenvalue weighted by Crippen LogP contribution is -1.95. The molecule has 0 aliphatic rings. The highest BCUT2D eigenvalue weighted by atomic mass is 15.0. The van der Waals surface area contributed by atoms with Crippen LogP contribution in [-0.2, 0) is 0 Å². The van der Waals surface area contributed by atoms with Gasteiger partial charge in [-0.2, -0.15) is 0 Å². The van der Waals surface area contributed by atoms with E-state index in [4.69, 9.17) is 4.98 Å². The van der Waals surface area contributed by atoms with Gasteiger partial charge in [0.25, 0.3) is 0 Å². The Bertz CT molecular complexity index is 709. The van der Waals surface area contributed by atoms with E-state index >= 15 is 0 Å². The van der Waals surface area contributed by atoms with Gasteiger partial charge < -0.3 is 4.40 Å². The van der Waals surface area contributed by atoms with E-state index in [9.17, 15) is 0 Å². The molecule has 0 bridgehead atoms. The first kappa shape index (κ1) is 12.0. The number of pyridine rings is 1. The molecule has 19 heavy (non-hydrogen) atoms. The minimum absolute atomic E-state index is 0.534. The van der Waals surface area contributed by atoms with E-state index in [1.54, 1.807) is 0 Å². The van der Waals surface area contributed by atoms with Crippen LogP contribution in [0.3, 0.4) is 0 Å². The van der Waals surface area contributed by atoms with Crippen molar-refractivity contribution < 1.29 is 0 Å². The number of benzene rings is 1. The van der Waals surface area contributed by atoms with Crippen molar-refractivity contribution in [1.82, 2.24) is 9.38 Å². The predicted molar refractivity (Wildman–Crippen MR) is 79.5 cm³/mol. The van der Waals surface area contributed by atoms with Crippen molar-refractivity contribution in [1.29, 1.82) is 0 Å². The maximum absolute atomic E-state index is 4.71. The summed E-state index contributed by atoms with van der Waals surface area (Å²) in [6.07, 6.45) is 4.31. The van der Waals surface area contributed by atoms with E-state index in [1.807, 2.05) is 18.2 Å². The van der Waals surface area contributed by atoms with Crippen LogP contribution in [0.1, 0.15) is 30.9 Å². The van der Waals surface area contributed by atoms with Crippen LogP contribution >= 0.6 is 0 Å². The van der Waals surface area contributed by atoms with Gasteiger partial charge in [0.2, 0.25) is 0 Å². The van der Waals surface area contributed by atoms with Crippen molar-refractivity contribution in [3.8, 4) is 11.3 Å². The topological polar surface area (TPSA) is 17.3 Å². The van der Waals surface area contributed by atoms with Gasteiger partial charge in [0, 0.05) is 18.0 Å². The predicted octanol–water partition coefficient (Wildman–Crippen LogP) is 4.43. The Morgan fingerprint density at radius 2 is 1.79 bits per heavy atom. The Hall–Kier alpha value is -2.09. The monoisotopic (exact) mass is 250 g/mol. The molecule has 2 aromatic heterocycles. The summed E-state index contributed by atoms with van der Waals surface area (Å²) in [7, 11) is 0. The molecule has 3 aromatic rings. The van der Waals surface area contributed by atoms with Gasteiger partial charge in [-0.25, -0.2) is 4.98 Å². The van der Waals surface area contributed by atoms with Crippen LogP contribution in [-0.4, -0.2) is 9.38 Å². The average molecular weight is 250 g/mol. The second kappa shape index (κ2) is 4.54. The third-order valence-corrected chi connectivity index (χ3v) is 3.53. The highest BCUT2D eigenvalue weighted by Crippen LogP contribution is 2.23. The molecule has 96 valence electrons. The fourth-order valence-corrected chi connectivity index (χ4v) is 2.50. The Kier molecular flexibility index (Phi) is 2.86. The number of aromatic nitrogens is 2. The molecule has 2 nitrogen and oxygen atoms in total. The summed E-state index contributed by atoms with van der Waals surface area (Å²) >= 11 is 0. The molecule has 3 rings (SSSR count). The smallest absolute Gasteiger partial charge is 0.137 e. The van der Waals surface area contributed by atoms with Gasteiger partial charge in [0.05, 0.1) is 5.69 Å². The van der Waals surface area contributed by atoms with Crippen LogP contribution < -0.4 is 0 Å². The second-order valence-electron chi connectivity index (χ2n) is 5.32. The lowest BCUT2D eigenvalue weighted by molar-refractivity contribution is 0.843. The summed E-state index contributed by atoms with van der Waals surface area (Å²) in [5, 5.41) is 0. The van der Waals surface area contributed by atoms with Gasteiger partial charge in [0.1, 0.15) is 5.65 Å². The summed E-state index contributed by atoms with van der Waals surface area (Å²) < 4.78 is 2.13. The number of aryl methyl sites for hydroxylation is 1. The van der Waals surface area contributed by atoms with Crippen LogP contribution in [0.15, 0.2) is 48.8 Å². The minimum atomic E-state index is 0.534. The zero-order chi connectivity index (χ0) is 13.4. The third kappa shape index (κ3) is 2.14. The first-order valence-corrected chi connectivity index (χ1v) is 6.70. The van der Waals surface area contributed by atoms with Gasteiger partial charge in [-0.05, 0) is 30.0 Å². The number of imidazole rings is 1. The Balaban J connectivity index is 2.16. The van der Waals surface area contributed by atoms with Crippen molar-refractivity contribution in [2.45, 2.75) is 26.7 Å². The number of hydrogen-bond acceptors (Lipinski definition) is 1.